The Morgan fingerprint density at radius 2 is 2.33 bits per heavy atom. The van der Waals surface area contributed by atoms with E-state index in [4.69, 9.17) is 11.6 Å². The zero-order valence-corrected chi connectivity index (χ0v) is 7.71. The van der Waals surface area contributed by atoms with Gasteiger partial charge in [0.1, 0.15) is 5.69 Å². The smallest absolute Gasteiger partial charge is 0.232 e. The summed E-state index contributed by atoms with van der Waals surface area (Å²) in [7, 11) is 1.99. The van der Waals surface area contributed by atoms with E-state index in [-0.39, 0.29) is 0 Å². The molecule has 0 N–H and O–H groups in total. The largest absolute Gasteiger partial charge is 0.309 e. The van der Waals surface area contributed by atoms with Crippen molar-refractivity contribution < 1.29 is 4.57 Å². The van der Waals surface area contributed by atoms with Crippen LogP contribution in [0.5, 0.6) is 0 Å². The molecule has 12 heavy (non-hydrogen) atoms. The average Bonchev–Trinajstić information content (AvgIpc) is 2.48. The first-order valence-electron chi connectivity index (χ1n) is 3.69. The van der Waals surface area contributed by atoms with Gasteiger partial charge in [-0.15, -0.1) is 0 Å². The highest BCUT2D eigenvalue weighted by Crippen LogP contribution is 2.09. The molecule has 2 rings (SSSR count). The minimum atomic E-state index is 0.644. The molecule has 3 nitrogen and oxygen atoms in total. The van der Waals surface area contributed by atoms with Crippen molar-refractivity contribution in [3.05, 3.63) is 29.2 Å². The maximum absolute atomic E-state index is 5.96. The third-order valence-electron chi connectivity index (χ3n) is 2.03. The van der Waals surface area contributed by atoms with E-state index >= 15 is 0 Å². The molecule has 4 heteroatoms. The zero-order chi connectivity index (χ0) is 8.72. The fourth-order valence-corrected chi connectivity index (χ4v) is 1.51. The standard InChI is InChI=1S/C8H9ClN3/c1-6-5-7(9)12-8(11(6)2)3-4-10-12/h3-5H,1-2H3/q+1. The summed E-state index contributed by atoms with van der Waals surface area (Å²) >= 11 is 5.96. The summed E-state index contributed by atoms with van der Waals surface area (Å²) in [5.41, 5.74) is 2.12. The van der Waals surface area contributed by atoms with Crippen LogP contribution in [0.25, 0.3) is 5.65 Å². The van der Waals surface area contributed by atoms with Crippen LogP contribution in [0.2, 0.25) is 5.15 Å². The van der Waals surface area contributed by atoms with Crippen molar-refractivity contribution in [3.8, 4) is 0 Å². The van der Waals surface area contributed by atoms with Crippen LogP contribution in [0.1, 0.15) is 5.69 Å². The summed E-state index contributed by atoms with van der Waals surface area (Å²) in [5.74, 6) is 0. The summed E-state index contributed by atoms with van der Waals surface area (Å²) in [6.45, 7) is 2.01. The third kappa shape index (κ3) is 0.898. The van der Waals surface area contributed by atoms with Gasteiger partial charge in [0.2, 0.25) is 5.15 Å². The second kappa shape index (κ2) is 2.45. The minimum absolute atomic E-state index is 0.644. The maximum atomic E-state index is 5.96. The summed E-state index contributed by atoms with van der Waals surface area (Å²) in [5, 5.41) is 4.73. The van der Waals surface area contributed by atoms with Gasteiger partial charge in [0.25, 0.3) is 0 Å². The Bertz CT molecular complexity index is 433. The van der Waals surface area contributed by atoms with E-state index in [9.17, 15) is 0 Å². The lowest BCUT2D eigenvalue weighted by molar-refractivity contribution is -0.654. The first-order valence-corrected chi connectivity index (χ1v) is 4.07. The molecule has 2 aromatic rings. The molecule has 0 spiro atoms. The van der Waals surface area contributed by atoms with Crippen LogP contribution in [0.15, 0.2) is 18.3 Å². The Morgan fingerprint density at radius 3 is 3.08 bits per heavy atom. The fourth-order valence-electron chi connectivity index (χ4n) is 1.23. The van der Waals surface area contributed by atoms with Crippen molar-refractivity contribution >= 4 is 17.2 Å². The Morgan fingerprint density at radius 1 is 1.58 bits per heavy atom. The monoisotopic (exact) mass is 182 g/mol. The van der Waals surface area contributed by atoms with E-state index in [0.717, 1.165) is 11.3 Å². The molecule has 0 unspecified atom stereocenters. The van der Waals surface area contributed by atoms with Gasteiger partial charge in [-0.05, 0) is 18.5 Å². The summed E-state index contributed by atoms with van der Waals surface area (Å²) in [6.07, 6.45) is 1.74. The van der Waals surface area contributed by atoms with Gasteiger partial charge in [-0.1, -0.05) is 9.61 Å². The number of aromatic nitrogens is 3. The van der Waals surface area contributed by atoms with Gasteiger partial charge < -0.3 is 0 Å². The SMILES string of the molecule is Cc1cc(Cl)n2nccc2[n+]1C. The molecule has 62 valence electrons. The Balaban J connectivity index is 2.97. The van der Waals surface area contributed by atoms with Gasteiger partial charge in [0.05, 0.1) is 19.3 Å². The summed E-state index contributed by atoms with van der Waals surface area (Å²) in [4.78, 5) is 0. The van der Waals surface area contributed by atoms with Crippen LogP contribution in [0.4, 0.5) is 0 Å². The molecule has 2 heterocycles. The number of hydrogen-bond acceptors (Lipinski definition) is 1. The fraction of sp³-hybridized carbons (Fsp3) is 0.250. The van der Waals surface area contributed by atoms with Gasteiger partial charge in [-0.25, -0.2) is 4.57 Å². The lowest BCUT2D eigenvalue weighted by atomic mass is 10.4. The number of nitrogens with zero attached hydrogens (tertiary/aromatic N) is 3. The second-order valence-electron chi connectivity index (χ2n) is 2.77. The molecule has 2 aromatic heterocycles. The molecular weight excluding hydrogens is 174 g/mol. The number of rotatable bonds is 0. The molecule has 0 aliphatic carbocycles. The molecule has 0 saturated heterocycles. The van der Waals surface area contributed by atoms with E-state index in [1.165, 1.54) is 0 Å². The topological polar surface area (TPSA) is 21.2 Å². The Kier molecular flexibility index (Phi) is 1.54. The van der Waals surface area contributed by atoms with Crippen LogP contribution < -0.4 is 4.57 Å². The van der Waals surface area contributed by atoms with Crippen LogP contribution in [0.3, 0.4) is 0 Å². The van der Waals surface area contributed by atoms with Crippen LogP contribution in [0, 0.1) is 6.92 Å². The molecule has 0 saturated carbocycles. The van der Waals surface area contributed by atoms with Crippen molar-refractivity contribution in [1.82, 2.24) is 9.61 Å². The van der Waals surface area contributed by atoms with E-state index in [1.54, 1.807) is 10.7 Å². The van der Waals surface area contributed by atoms with Crippen molar-refractivity contribution in [2.45, 2.75) is 6.92 Å². The molecule has 0 atom stereocenters. The van der Waals surface area contributed by atoms with Gasteiger partial charge in [-0.2, -0.15) is 0 Å². The summed E-state index contributed by atoms with van der Waals surface area (Å²) < 4.78 is 3.74. The molecule has 0 aliphatic rings. The number of fused-ring (bicyclic) bond motifs is 1. The maximum Gasteiger partial charge on any atom is 0.309 e. The molecule has 0 radical (unpaired) electrons. The molecule has 0 aliphatic heterocycles. The molecule has 0 fully saturated rings. The van der Waals surface area contributed by atoms with Crippen LogP contribution in [-0.2, 0) is 7.05 Å². The molecular formula is C8H9ClN3+. The normalized spacial score (nSPS) is 10.9. The van der Waals surface area contributed by atoms with Crippen molar-refractivity contribution in [3.63, 3.8) is 0 Å². The van der Waals surface area contributed by atoms with E-state index in [0.29, 0.717) is 5.15 Å². The quantitative estimate of drug-likeness (QED) is 0.442. The van der Waals surface area contributed by atoms with Gasteiger partial charge in [-0.3, -0.25) is 0 Å². The van der Waals surface area contributed by atoms with Gasteiger partial charge in [0.15, 0.2) is 0 Å². The Labute approximate surface area is 75.2 Å². The molecule has 0 amide bonds. The lowest BCUT2D eigenvalue weighted by Gasteiger charge is -1.97. The number of hydrogen-bond donors (Lipinski definition) is 0. The first-order chi connectivity index (χ1) is 5.70. The zero-order valence-electron chi connectivity index (χ0n) is 6.95. The highest BCUT2D eigenvalue weighted by Gasteiger charge is 2.12. The van der Waals surface area contributed by atoms with Crippen LogP contribution in [-0.4, -0.2) is 9.61 Å². The van der Waals surface area contributed by atoms with E-state index < -0.39 is 0 Å². The first kappa shape index (κ1) is 7.55. The Hall–Kier alpha value is -1.09. The van der Waals surface area contributed by atoms with Gasteiger partial charge in [0, 0.05) is 6.07 Å². The third-order valence-corrected chi connectivity index (χ3v) is 2.30. The van der Waals surface area contributed by atoms with Crippen molar-refractivity contribution in [2.75, 3.05) is 0 Å². The van der Waals surface area contributed by atoms with E-state index in [2.05, 4.69) is 5.10 Å². The highest BCUT2D eigenvalue weighted by atomic mass is 35.5. The van der Waals surface area contributed by atoms with Crippen molar-refractivity contribution in [1.29, 1.82) is 0 Å². The predicted octanol–water partition coefficient (Wildman–Crippen LogP) is 1.12. The minimum Gasteiger partial charge on any atom is -0.232 e. The average molecular weight is 183 g/mol. The highest BCUT2D eigenvalue weighted by molar-refractivity contribution is 6.29. The van der Waals surface area contributed by atoms with E-state index in [1.807, 2.05) is 30.7 Å². The van der Waals surface area contributed by atoms with Crippen molar-refractivity contribution in [2.24, 2.45) is 7.05 Å². The number of aryl methyl sites for hydroxylation is 2. The predicted molar refractivity (Wildman–Crippen MR) is 46.1 cm³/mol. The lowest BCUT2D eigenvalue weighted by Crippen LogP contribution is -2.34. The number of halogens is 1. The molecule has 0 aromatic carbocycles. The summed E-state index contributed by atoms with van der Waals surface area (Å²) in [6, 6.07) is 3.82. The van der Waals surface area contributed by atoms with Gasteiger partial charge >= 0.3 is 5.65 Å². The molecule has 0 bridgehead atoms. The second-order valence-corrected chi connectivity index (χ2v) is 3.16. The van der Waals surface area contributed by atoms with Crippen LogP contribution >= 0.6 is 11.6 Å².